The van der Waals surface area contributed by atoms with Crippen molar-refractivity contribution in [3.63, 3.8) is 0 Å². The molecule has 1 aliphatic heterocycles. The first-order valence-corrected chi connectivity index (χ1v) is 6.58. The lowest BCUT2D eigenvalue weighted by Crippen LogP contribution is -2.32. The van der Waals surface area contributed by atoms with Crippen molar-refractivity contribution < 1.29 is 14.7 Å². The fourth-order valence-corrected chi connectivity index (χ4v) is 2.50. The van der Waals surface area contributed by atoms with Crippen LogP contribution in [0.2, 0.25) is 0 Å². The Labute approximate surface area is 112 Å². The van der Waals surface area contributed by atoms with E-state index in [0.717, 1.165) is 19.3 Å². The summed E-state index contributed by atoms with van der Waals surface area (Å²) in [6.07, 6.45) is 5.94. The minimum Gasteiger partial charge on any atom is -0.481 e. The van der Waals surface area contributed by atoms with E-state index in [2.05, 4.69) is 4.98 Å². The number of hydrogen-bond donors (Lipinski definition) is 1. The van der Waals surface area contributed by atoms with Crippen LogP contribution in [0.3, 0.4) is 0 Å². The number of nitrogens with zero attached hydrogens (tertiary/aromatic N) is 2. The van der Waals surface area contributed by atoms with Crippen molar-refractivity contribution in [1.82, 2.24) is 9.88 Å². The topological polar surface area (TPSA) is 70.5 Å². The first-order chi connectivity index (χ1) is 9.16. The van der Waals surface area contributed by atoms with Crippen LogP contribution in [0, 0.1) is 5.92 Å². The van der Waals surface area contributed by atoms with Gasteiger partial charge in [-0.15, -0.1) is 0 Å². The van der Waals surface area contributed by atoms with Gasteiger partial charge in [0.2, 0.25) is 0 Å². The van der Waals surface area contributed by atoms with Crippen molar-refractivity contribution in [3.8, 4) is 0 Å². The maximum absolute atomic E-state index is 12.3. The van der Waals surface area contributed by atoms with E-state index in [1.54, 1.807) is 24.5 Å². The van der Waals surface area contributed by atoms with Crippen LogP contribution in [0.5, 0.6) is 0 Å². The third-order valence-electron chi connectivity index (χ3n) is 3.53. The molecule has 1 aromatic rings. The zero-order chi connectivity index (χ0) is 13.7. The summed E-state index contributed by atoms with van der Waals surface area (Å²) >= 11 is 0. The van der Waals surface area contributed by atoms with Gasteiger partial charge < -0.3 is 10.0 Å². The van der Waals surface area contributed by atoms with Crippen molar-refractivity contribution in [2.24, 2.45) is 5.92 Å². The number of rotatable bonds is 3. The number of pyridine rings is 1. The monoisotopic (exact) mass is 262 g/mol. The summed E-state index contributed by atoms with van der Waals surface area (Å²) in [7, 11) is 0. The summed E-state index contributed by atoms with van der Waals surface area (Å²) in [5, 5.41) is 8.82. The van der Waals surface area contributed by atoms with Crippen LogP contribution >= 0.6 is 0 Å². The molecule has 1 aliphatic rings. The lowest BCUT2D eigenvalue weighted by atomic mass is 9.97. The Morgan fingerprint density at radius 1 is 1.26 bits per heavy atom. The number of carbonyl (C=O) groups is 2. The van der Waals surface area contributed by atoms with E-state index < -0.39 is 5.97 Å². The molecule has 0 spiro atoms. The number of carboxylic acids is 1. The summed E-state index contributed by atoms with van der Waals surface area (Å²) in [5.41, 5.74) is 0.645. The van der Waals surface area contributed by atoms with Gasteiger partial charge in [-0.3, -0.25) is 14.6 Å². The molecule has 5 heteroatoms. The van der Waals surface area contributed by atoms with Gasteiger partial charge in [-0.1, -0.05) is 0 Å². The number of likely N-dealkylation sites (tertiary alicyclic amines) is 1. The quantitative estimate of drug-likeness (QED) is 0.901. The Hall–Kier alpha value is -1.91. The van der Waals surface area contributed by atoms with Crippen molar-refractivity contribution in [2.45, 2.75) is 25.7 Å². The summed E-state index contributed by atoms with van der Waals surface area (Å²) < 4.78 is 0. The first-order valence-electron chi connectivity index (χ1n) is 6.58. The second-order valence-corrected chi connectivity index (χ2v) is 4.92. The molecule has 102 valence electrons. The second-order valence-electron chi connectivity index (χ2n) is 4.92. The Morgan fingerprint density at radius 3 is 2.68 bits per heavy atom. The Bertz CT molecular complexity index is 447. The highest BCUT2D eigenvalue weighted by Crippen LogP contribution is 2.21. The number of carboxylic acid groups (broad SMARTS) is 1. The van der Waals surface area contributed by atoms with Crippen LogP contribution in [0.25, 0.3) is 0 Å². The molecule has 1 saturated heterocycles. The molecule has 0 radical (unpaired) electrons. The van der Waals surface area contributed by atoms with E-state index in [0.29, 0.717) is 18.7 Å². The van der Waals surface area contributed by atoms with Crippen molar-refractivity contribution >= 4 is 11.9 Å². The fraction of sp³-hybridized carbons (Fsp3) is 0.500. The highest BCUT2D eigenvalue weighted by Gasteiger charge is 2.22. The average molecular weight is 262 g/mol. The van der Waals surface area contributed by atoms with E-state index in [4.69, 9.17) is 5.11 Å². The van der Waals surface area contributed by atoms with E-state index in [1.807, 2.05) is 4.90 Å². The van der Waals surface area contributed by atoms with E-state index in [9.17, 15) is 9.59 Å². The third-order valence-corrected chi connectivity index (χ3v) is 3.53. The Morgan fingerprint density at radius 2 is 2.00 bits per heavy atom. The van der Waals surface area contributed by atoms with Crippen LogP contribution in [-0.2, 0) is 4.79 Å². The summed E-state index contributed by atoms with van der Waals surface area (Å²) in [6.45, 7) is 1.34. The molecule has 1 fully saturated rings. The molecule has 1 N–H and O–H groups in total. The first kappa shape index (κ1) is 13.5. The number of amides is 1. The van der Waals surface area contributed by atoms with E-state index in [1.165, 1.54) is 0 Å². The minimum atomic E-state index is -0.751. The molecule has 0 aromatic carbocycles. The van der Waals surface area contributed by atoms with Crippen molar-refractivity contribution in [1.29, 1.82) is 0 Å². The highest BCUT2D eigenvalue weighted by molar-refractivity contribution is 5.94. The number of aromatic nitrogens is 1. The van der Waals surface area contributed by atoms with Gasteiger partial charge >= 0.3 is 5.97 Å². The molecule has 2 heterocycles. The molecule has 1 aromatic heterocycles. The minimum absolute atomic E-state index is 0.0124. The van der Waals surface area contributed by atoms with Crippen LogP contribution in [0.15, 0.2) is 24.5 Å². The lowest BCUT2D eigenvalue weighted by Gasteiger charge is -2.20. The van der Waals surface area contributed by atoms with Gasteiger partial charge in [-0.25, -0.2) is 0 Å². The number of carbonyl (C=O) groups excluding carboxylic acids is 1. The number of aliphatic carboxylic acids is 1. The fourth-order valence-electron chi connectivity index (χ4n) is 2.50. The maximum Gasteiger partial charge on any atom is 0.303 e. The van der Waals surface area contributed by atoms with Crippen molar-refractivity contribution in [2.75, 3.05) is 13.1 Å². The van der Waals surface area contributed by atoms with Gasteiger partial charge in [0.05, 0.1) is 0 Å². The molecule has 5 nitrogen and oxygen atoms in total. The predicted molar refractivity (Wildman–Crippen MR) is 69.7 cm³/mol. The molecule has 1 amide bonds. The largest absolute Gasteiger partial charge is 0.481 e. The normalized spacial score (nSPS) is 19.8. The zero-order valence-electron chi connectivity index (χ0n) is 10.8. The molecular weight excluding hydrogens is 244 g/mol. The van der Waals surface area contributed by atoms with Crippen LogP contribution < -0.4 is 0 Å². The Kier molecular flexibility index (Phi) is 4.49. The molecule has 2 rings (SSSR count). The molecule has 0 saturated carbocycles. The third kappa shape index (κ3) is 3.77. The molecular formula is C14H18N2O3. The smallest absolute Gasteiger partial charge is 0.303 e. The highest BCUT2D eigenvalue weighted by atomic mass is 16.4. The van der Waals surface area contributed by atoms with Crippen LogP contribution in [0.4, 0.5) is 0 Å². The summed E-state index contributed by atoms with van der Waals surface area (Å²) in [5.74, 6) is -0.551. The van der Waals surface area contributed by atoms with Gasteiger partial charge in [0.25, 0.3) is 5.91 Å². The second kappa shape index (κ2) is 6.31. The maximum atomic E-state index is 12.3. The SMILES string of the molecule is O=C(O)CC1CCCN(C(=O)c2ccncc2)CC1. The number of hydrogen-bond acceptors (Lipinski definition) is 3. The molecule has 0 bridgehead atoms. The zero-order valence-corrected chi connectivity index (χ0v) is 10.8. The van der Waals surface area contributed by atoms with Crippen LogP contribution in [-0.4, -0.2) is 40.0 Å². The van der Waals surface area contributed by atoms with E-state index in [-0.39, 0.29) is 18.2 Å². The van der Waals surface area contributed by atoms with Gasteiger partial charge in [0.1, 0.15) is 0 Å². The predicted octanol–water partition coefficient (Wildman–Crippen LogP) is 1.80. The molecule has 0 aliphatic carbocycles. The molecule has 19 heavy (non-hydrogen) atoms. The van der Waals surface area contributed by atoms with Gasteiger partial charge in [-0.2, -0.15) is 0 Å². The average Bonchev–Trinajstić information content (AvgIpc) is 2.64. The van der Waals surface area contributed by atoms with Crippen LogP contribution in [0.1, 0.15) is 36.0 Å². The van der Waals surface area contributed by atoms with Gasteiger partial charge in [-0.05, 0) is 37.3 Å². The molecule has 1 unspecified atom stereocenters. The summed E-state index contributed by atoms with van der Waals surface area (Å²) in [6, 6.07) is 3.42. The Balaban J connectivity index is 1.96. The van der Waals surface area contributed by atoms with E-state index >= 15 is 0 Å². The summed E-state index contributed by atoms with van der Waals surface area (Å²) in [4.78, 5) is 28.7. The standard InChI is InChI=1S/C14H18N2O3/c17-13(18)10-11-2-1-8-16(9-5-11)14(19)12-3-6-15-7-4-12/h3-4,6-7,11H,1-2,5,8-10H2,(H,17,18). The lowest BCUT2D eigenvalue weighted by molar-refractivity contribution is -0.138. The van der Waals surface area contributed by atoms with Crippen molar-refractivity contribution in [3.05, 3.63) is 30.1 Å². The molecule has 1 atom stereocenters. The van der Waals surface area contributed by atoms with Gasteiger partial charge in [0.15, 0.2) is 0 Å². The van der Waals surface area contributed by atoms with Gasteiger partial charge in [0, 0.05) is 37.5 Å².